The van der Waals surface area contributed by atoms with Gasteiger partial charge in [-0.2, -0.15) is 0 Å². The van der Waals surface area contributed by atoms with Gasteiger partial charge in [-0.15, -0.1) is 0 Å². The number of carbonyl (C=O) groups excluding carboxylic acids is 2. The van der Waals surface area contributed by atoms with E-state index < -0.39 is 11.5 Å². The molecule has 168 valence electrons. The van der Waals surface area contributed by atoms with Crippen molar-refractivity contribution in [2.75, 3.05) is 31.3 Å². The number of carbonyl (C=O) groups is 2. The Hall–Kier alpha value is -3.84. The van der Waals surface area contributed by atoms with Crippen LogP contribution in [0.25, 0.3) is 0 Å². The first-order chi connectivity index (χ1) is 16.1. The van der Waals surface area contributed by atoms with Gasteiger partial charge in [0.2, 0.25) is 0 Å². The van der Waals surface area contributed by atoms with Crippen molar-refractivity contribution >= 4 is 17.4 Å². The summed E-state index contributed by atoms with van der Waals surface area (Å²) in [5.74, 6) is 0.855. The van der Waals surface area contributed by atoms with E-state index in [0.717, 1.165) is 0 Å². The zero-order valence-electron chi connectivity index (χ0n) is 17.9. The van der Waals surface area contributed by atoms with Gasteiger partial charge in [-0.1, -0.05) is 36.4 Å². The molecule has 2 heterocycles. The molecular formula is C26H23NO6. The number of Topliss-reactive ketones (excluding diaryl/α,β-unsaturated/α-hetero) is 1. The number of ether oxygens (including phenoxy) is 3. The molecule has 1 N–H and O–H groups in total. The van der Waals surface area contributed by atoms with Crippen LogP contribution in [0.15, 0.2) is 72.8 Å². The number of ketones is 1. The van der Waals surface area contributed by atoms with Crippen LogP contribution in [0, 0.1) is 0 Å². The van der Waals surface area contributed by atoms with E-state index in [1.54, 1.807) is 42.5 Å². The van der Waals surface area contributed by atoms with Crippen LogP contribution in [0.5, 0.6) is 17.2 Å². The zero-order valence-corrected chi connectivity index (χ0v) is 17.9. The largest absolute Gasteiger partial charge is 0.492 e. The molecule has 5 rings (SSSR count). The van der Waals surface area contributed by atoms with E-state index in [1.807, 2.05) is 30.3 Å². The van der Waals surface area contributed by atoms with E-state index >= 15 is 0 Å². The maximum Gasteiger partial charge on any atom is 0.264 e. The molecule has 7 nitrogen and oxygen atoms in total. The highest BCUT2D eigenvalue weighted by molar-refractivity contribution is 6.10. The molecule has 0 aliphatic carbocycles. The Bertz CT molecular complexity index is 1190. The number of fused-ring (bicyclic) bond motifs is 2. The van der Waals surface area contributed by atoms with Gasteiger partial charge in [0.05, 0.1) is 18.7 Å². The molecular weight excluding hydrogens is 422 g/mol. The molecule has 0 bridgehead atoms. The number of benzene rings is 3. The molecule has 7 heteroatoms. The molecule has 0 unspecified atom stereocenters. The van der Waals surface area contributed by atoms with Crippen LogP contribution in [0.1, 0.15) is 22.3 Å². The predicted molar refractivity (Wildman–Crippen MR) is 121 cm³/mol. The topological polar surface area (TPSA) is 85.3 Å². The van der Waals surface area contributed by atoms with Gasteiger partial charge in [0.1, 0.15) is 25.6 Å². The van der Waals surface area contributed by atoms with Crippen LogP contribution < -0.4 is 19.1 Å². The van der Waals surface area contributed by atoms with Crippen LogP contribution in [0.2, 0.25) is 0 Å². The highest BCUT2D eigenvalue weighted by Gasteiger charge is 2.50. The summed E-state index contributed by atoms with van der Waals surface area (Å²) in [5.41, 5.74) is -0.603. The third kappa shape index (κ3) is 3.91. The van der Waals surface area contributed by atoms with E-state index in [4.69, 9.17) is 14.2 Å². The first-order valence-corrected chi connectivity index (χ1v) is 10.8. The molecule has 2 aliphatic heterocycles. The van der Waals surface area contributed by atoms with Crippen LogP contribution in [-0.4, -0.2) is 43.2 Å². The minimum atomic E-state index is -1.95. The van der Waals surface area contributed by atoms with E-state index in [2.05, 4.69) is 0 Å². The molecule has 0 aromatic heterocycles. The molecule has 0 spiro atoms. The van der Waals surface area contributed by atoms with Crippen molar-refractivity contribution < 1.29 is 28.9 Å². The van der Waals surface area contributed by atoms with Crippen LogP contribution in [0.4, 0.5) is 5.69 Å². The Morgan fingerprint density at radius 3 is 2.52 bits per heavy atom. The number of anilines is 1. The fourth-order valence-electron chi connectivity index (χ4n) is 4.22. The van der Waals surface area contributed by atoms with E-state index in [1.165, 1.54) is 4.90 Å². The average molecular weight is 445 g/mol. The fourth-order valence-corrected chi connectivity index (χ4v) is 4.22. The smallest absolute Gasteiger partial charge is 0.264 e. The van der Waals surface area contributed by atoms with Crippen LogP contribution >= 0.6 is 0 Å². The summed E-state index contributed by atoms with van der Waals surface area (Å²) in [6.45, 7) is 1.34. The van der Waals surface area contributed by atoms with Gasteiger partial charge in [0.25, 0.3) is 5.91 Å². The molecule has 33 heavy (non-hydrogen) atoms. The molecule has 0 saturated carbocycles. The van der Waals surface area contributed by atoms with Gasteiger partial charge in [-0.05, 0) is 36.4 Å². The number of hydrogen-bond donors (Lipinski definition) is 1. The Labute approximate surface area is 191 Å². The average Bonchev–Trinajstić information content (AvgIpc) is 3.06. The summed E-state index contributed by atoms with van der Waals surface area (Å²) in [7, 11) is 0. The van der Waals surface area contributed by atoms with Crippen molar-refractivity contribution in [3.63, 3.8) is 0 Å². The van der Waals surface area contributed by atoms with Gasteiger partial charge in [0.15, 0.2) is 22.9 Å². The van der Waals surface area contributed by atoms with Crippen molar-refractivity contribution in [3.05, 3.63) is 83.9 Å². The monoisotopic (exact) mass is 445 g/mol. The molecule has 1 atom stereocenters. The maximum atomic E-state index is 13.3. The number of hydrogen-bond acceptors (Lipinski definition) is 6. The van der Waals surface area contributed by atoms with Crippen molar-refractivity contribution in [2.24, 2.45) is 0 Å². The van der Waals surface area contributed by atoms with Crippen LogP contribution in [-0.2, 0) is 10.4 Å². The van der Waals surface area contributed by atoms with Gasteiger partial charge in [-0.3, -0.25) is 9.59 Å². The normalized spacial score (nSPS) is 18.7. The Kier molecular flexibility index (Phi) is 5.48. The summed E-state index contributed by atoms with van der Waals surface area (Å²) in [6, 6.07) is 21.2. The first-order valence-electron chi connectivity index (χ1n) is 10.8. The minimum absolute atomic E-state index is 0.241. The van der Waals surface area contributed by atoms with E-state index in [9.17, 15) is 14.7 Å². The van der Waals surface area contributed by atoms with Crippen molar-refractivity contribution in [1.82, 2.24) is 0 Å². The molecule has 0 radical (unpaired) electrons. The number of aliphatic hydroxyl groups is 1. The molecule has 0 saturated heterocycles. The summed E-state index contributed by atoms with van der Waals surface area (Å²) in [6.07, 6.45) is -0.376. The second-order valence-electron chi connectivity index (χ2n) is 7.95. The Morgan fingerprint density at radius 1 is 0.970 bits per heavy atom. The highest BCUT2D eigenvalue weighted by Crippen LogP contribution is 2.43. The van der Waals surface area contributed by atoms with Gasteiger partial charge in [-0.25, -0.2) is 0 Å². The molecule has 2 aliphatic rings. The SMILES string of the molecule is O=C(C[C@@]1(O)C(=O)N(CCOc2ccccc2)c2ccccc21)c1ccc2c(c1)OCCO2. The quantitative estimate of drug-likeness (QED) is 0.562. The van der Waals surface area contributed by atoms with E-state index in [0.29, 0.717) is 47.3 Å². The first kappa shape index (κ1) is 21.0. The lowest BCUT2D eigenvalue weighted by Crippen LogP contribution is -2.43. The lowest BCUT2D eigenvalue weighted by atomic mass is 9.88. The standard InChI is InChI=1S/C26H23NO6/c28-22(18-10-11-23-24(16-18)33-15-14-32-23)17-26(30)20-8-4-5-9-21(20)27(25(26)29)12-13-31-19-6-2-1-3-7-19/h1-11,16,30H,12-15,17H2/t26-/m0/s1. The second kappa shape index (κ2) is 8.60. The van der Waals surface area contributed by atoms with Crippen molar-refractivity contribution in [2.45, 2.75) is 12.0 Å². The molecule has 0 fully saturated rings. The summed E-state index contributed by atoms with van der Waals surface area (Å²) in [4.78, 5) is 27.9. The lowest BCUT2D eigenvalue weighted by Gasteiger charge is -2.23. The number of amides is 1. The zero-order chi connectivity index (χ0) is 22.8. The lowest BCUT2D eigenvalue weighted by molar-refractivity contribution is -0.135. The molecule has 3 aromatic carbocycles. The van der Waals surface area contributed by atoms with Crippen molar-refractivity contribution in [3.8, 4) is 17.2 Å². The molecule has 3 aromatic rings. The highest BCUT2D eigenvalue weighted by atomic mass is 16.6. The summed E-state index contributed by atoms with van der Waals surface area (Å²) in [5, 5.41) is 11.5. The van der Waals surface area contributed by atoms with Crippen LogP contribution in [0.3, 0.4) is 0 Å². The Morgan fingerprint density at radius 2 is 1.70 bits per heavy atom. The van der Waals surface area contributed by atoms with Gasteiger partial charge in [0, 0.05) is 11.1 Å². The summed E-state index contributed by atoms with van der Waals surface area (Å²) < 4.78 is 16.8. The van der Waals surface area contributed by atoms with Gasteiger partial charge >= 0.3 is 0 Å². The Balaban J connectivity index is 1.35. The summed E-state index contributed by atoms with van der Waals surface area (Å²) >= 11 is 0. The fraction of sp³-hybridized carbons (Fsp3) is 0.231. The molecule has 1 amide bonds. The predicted octanol–water partition coefficient (Wildman–Crippen LogP) is 3.34. The number of nitrogens with zero attached hydrogens (tertiary/aromatic N) is 1. The minimum Gasteiger partial charge on any atom is -0.492 e. The van der Waals surface area contributed by atoms with E-state index in [-0.39, 0.29) is 25.4 Å². The third-order valence-corrected chi connectivity index (χ3v) is 5.85. The third-order valence-electron chi connectivity index (χ3n) is 5.85. The van der Waals surface area contributed by atoms with Gasteiger partial charge < -0.3 is 24.2 Å². The maximum absolute atomic E-state index is 13.3. The number of rotatable bonds is 7. The second-order valence-corrected chi connectivity index (χ2v) is 7.95. The van der Waals surface area contributed by atoms with Crippen molar-refractivity contribution in [1.29, 1.82) is 0 Å². The number of para-hydroxylation sites is 2.